The smallest absolute Gasteiger partial charge is 0.0869 e. The molecule has 1 rings (SSSR count). The third-order valence-electron chi connectivity index (χ3n) is 2.67. The minimum Gasteiger partial charge on any atom is -0.388 e. The summed E-state index contributed by atoms with van der Waals surface area (Å²) in [6.07, 6.45) is 3.83. The largest absolute Gasteiger partial charge is 0.388 e. The van der Waals surface area contributed by atoms with Crippen molar-refractivity contribution in [1.29, 1.82) is 0 Å². The Morgan fingerprint density at radius 1 is 1.59 bits per heavy atom. The number of aliphatic hydroxyl groups is 1. The van der Waals surface area contributed by atoms with E-state index in [4.69, 9.17) is 0 Å². The van der Waals surface area contributed by atoms with Crippen LogP contribution in [0.25, 0.3) is 0 Å². The summed E-state index contributed by atoms with van der Waals surface area (Å²) in [5, 5.41) is 17.6. The van der Waals surface area contributed by atoms with Crippen molar-refractivity contribution >= 4 is 0 Å². The highest BCUT2D eigenvalue weighted by Gasteiger charge is 2.22. The van der Waals surface area contributed by atoms with E-state index in [1.54, 1.807) is 4.68 Å². The summed E-state index contributed by atoms with van der Waals surface area (Å²) in [6.45, 7) is 5.11. The molecule has 0 spiro atoms. The van der Waals surface area contributed by atoms with Crippen LogP contribution in [0.2, 0.25) is 0 Å². The summed E-state index contributed by atoms with van der Waals surface area (Å²) in [6, 6.07) is 0.192. The van der Waals surface area contributed by atoms with Crippen molar-refractivity contribution in [3.63, 3.8) is 0 Å². The van der Waals surface area contributed by atoms with E-state index in [2.05, 4.69) is 17.3 Å². The summed E-state index contributed by atoms with van der Waals surface area (Å²) >= 11 is 0. The second-order valence-electron chi connectivity index (χ2n) is 5.28. The first-order valence-corrected chi connectivity index (χ1v) is 5.89. The number of aromatic nitrogens is 2. The molecule has 5 heteroatoms. The summed E-state index contributed by atoms with van der Waals surface area (Å²) < 4.78 is 1.78. The molecule has 1 aromatic rings. The van der Waals surface area contributed by atoms with Gasteiger partial charge in [-0.25, -0.2) is 0 Å². The van der Waals surface area contributed by atoms with Crippen molar-refractivity contribution in [2.24, 2.45) is 7.05 Å². The fraction of sp³-hybridized carbons (Fsp3) is 0.750. The molecule has 17 heavy (non-hydrogen) atoms. The van der Waals surface area contributed by atoms with Gasteiger partial charge in [0.15, 0.2) is 0 Å². The molecule has 1 heterocycles. The highest BCUT2D eigenvalue weighted by Crippen LogP contribution is 2.12. The number of likely N-dealkylation sites (N-methyl/N-ethyl adjacent to an activating group) is 1. The van der Waals surface area contributed by atoms with Crippen molar-refractivity contribution in [1.82, 2.24) is 20.0 Å². The molecule has 0 fully saturated rings. The molecule has 98 valence electrons. The van der Waals surface area contributed by atoms with E-state index in [-0.39, 0.29) is 6.04 Å². The summed E-state index contributed by atoms with van der Waals surface area (Å²) in [7, 11) is 5.82. The summed E-state index contributed by atoms with van der Waals surface area (Å²) in [4.78, 5) is 1.98. The van der Waals surface area contributed by atoms with Gasteiger partial charge in [0.05, 0.1) is 11.8 Å². The van der Waals surface area contributed by atoms with Gasteiger partial charge in [0.2, 0.25) is 0 Å². The molecule has 1 aromatic heterocycles. The Bertz CT molecular complexity index is 346. The number of aryl methyl sites for hydroxylation is 1. The van der Waals surface area contributed by atoms with Crippen LogP contribution in [0.5, 0.6) is 0 Å². The molecule has 0 aliphatic carbocycles. The van der Waals surface area contributed by atoms with Crippen molar-refractivity contribution < 1.29 is 5.11 Å². The molecule has 2 N–H and O–H groups in total. The lowest BCUT2D eigenvalue weighted by atomic mass is 10.1. The second-order valence-corrected chi connectivity index (χ2v) is 5.28. The number of rotatable bonds is 6. The van der Waals surface area contributed by atoms with Crippen LogP contribution < -0.4 is 5.32 Å². The number of hydrogen-bond donors (Lipinski definition) is 2. The van der Waals surface area contributed by atoms with Gasteiger partial charge in [-0.15, -0.1) is 0 Å². The van der Waals surface area contributed by atoms with Crippen LogP contribution in [0.3, 0.4) is 0 Å². The highest BCUT2D eigenvalue weighted by atomic mass is 16.3. The third kappa shape index (κ3) is 4.85. The predicted octanol–water partition coefficient (Wildman–Crippen LogP) is 0.383. The van der Waals surface area contributed by atoms with Gasteiger partial charge in [-0.05, 0) is 27.9 Å². The van der Waals surface area contributed by atoms with E-state index in [9.17, 15) is 5.11 Å². The lowest BCUT2D eigenvalue weighted by Crippen LogP contribution is -2.46. The number of hydrogen-bond acceptors (Lipinski definition) is 4. The Kier molecular flexibility index (Phi) is 4.68. The Morgan fingerprint density at radius 2 is 2.24 bits per heavy atom. The third-order valence-corrected chi connectivity index (χ3v) is 2.67. The van der Waals surface area contributed by atoms with Crippen LogP contribution in [-0.2, 0) is 7.05 Å². The van der Waals surface area contributed by atoms with Gasteiger partial charge in [-0.1, -0.05) is 0 Å². The Hall–Kier alpha value is -0.910. The lowest BCUT2D eigenvalue weighted by Gasteiger charge is -2.28. The Labute approximate surface area is 103 Å². The lowest BCUT2D eigenvalue weighted by molar-refractivity contribution is 0.0317. The van der Waals surface area contributed by atoms with Crippen LogP contribution in [0.1, 0.15) is 25.5 Å². The monoisotopic (exact) mass is 240 g/mol. The van der Waals surface area contributed by atoms with Crippen LogP contribution >= 0.6 is 0 Å². The Morgan fingerprint density at radius 3 is 2.71 bits per heavy atom. The molecule has 0 aromatic carbocycles. The topological polar surface area (TPSA) is 53.3 Å². The molecule has 5 nitrogen and oxygen atoms in total. The van der Waals surface area contributed by atoms with Gasteiger partial charge in [0.25, 0.3) is 0 Å². The zero-order valence-electron chi connectivity index (χ0n) is 11.4. The SMILES string of the molecule is CC(NCC(C)(O)CN(C)C)c1cnn(C)c1. The molecule has 0 aliphatic rings. The van der Waals surface area contributed by atoms with E-state index in [0.29, 0.717) is 13.1 Å². The molecule has 0 saturated carbocycles. The Balaban J connectivity index is 2.45. The van der Waals surface area contributed by atoms with Gasteiger partial charge in [0, 0.05) is 37.9 Å². The first-order valence-electron chi connectivity index (χ1n) is 5.89. The van der Waals surface area contributed by atoms with Gasteiger partial charge in [-0.3, -0.25) is 4.68 Å². The minimum absolute atomic E-state index is 0.192. The summed E-state index contributed by atoms with van der Waals surface area (Å²) in [5.74, 6) is 0. The van der Waals surface area contributed by atoms with Gasteiger partial charge in [0.1, 0.15) is 0 Å². The van der Waals surface area contributed by atoms with Crippen molar-refractivity contribution in [2.45, 2.75) is 25.5 Å². The van der Waals surface area contributed by atoms with Crippen LogP contribution in [0.4, 0.5) is 0 Å². The summed E-state index contributed by atoms with van der Waals surface area (Å²) in [5.41, 5.74) is 0.410. The normalized spacial score (nSPS) is 17.1. The second kappa shape index (κ2) is 5.62. The first-order chi connectivity index (χ1) is 7.80. The maximum absolute atomic E-state index is 10.2. The first kappa shape index (κ1) is 14.2. The van der Waals surface area contributed by atoms with Crippen molar-refractivity contribution in [3.05, 3.63) is 18.0 Å². The fourth-order valence-electron chi connectivity index (χ4n) is 1.89. The van der Waals surface area contributed by atoms with Crippen LogP contribution in [-0.4, -0.2) is 52.6 Å². The number of nitrogens with one attached hydrogen (secondary N) is 1. The highest BCUT2D eigenvalue weighted by molar-refractivity contribution is 5.09. The zero-order chi connectivity index (χ0) is 13.1. The molecule has 0 aliphatic heterocycles. The average molecular weight is 240 g/mol. The van der Waals surface area contributed by atoms with Crippen LogP contribution in [0.15, 0.2) is 12.4 Å². The molecular weight excluding hydrogens is 216 g/mol. The molecule has 0 amide bonds. The van der Waals surface area contributed by atoms with E-state index < -0.39 is 5.60 Å². The van der Waals surface area contributed by atoms with E-state index in [1.165, 1.54) is 0 Å². The van der Waals surface area contributed by atoms with Crippen molar-refractivity contribution in [2.75, 3.05) is 27.2 Å². The molecule has 0 saturated heterocycles. The quantitative estimate of drug-likeness (QED) is 0.755. The minimum atomic E-state index is -0.722. The van der Waals surface area contributed by atoms with Gasteiger partial charge >= 0.3 is 0 Å². The van der Waals surface area contributed by atoms with Crippen LogP contribution in [0, 0.1) is 0 Å². The van der Waals surface area contributed by atoms with E-state index in [0.717, 1.165) is 5.56 Å². The molecule has 2 unspecified atom stereocenters. The standard InChI is InChI=1S/C12H24N4O/c1-10(11-6-14-16(5)7-11)13-8-12(2,17)9-15(3)4/h6-7,10,13,17H,8-9H2,1-5H3. The van der Waals surface area contributed by atoms with E-state index in [1.807, 2.05) is 45.4 Å². The van der Waals surface area contributed by atoms with Crippen molar-refractivity contribution in [3.8, 4) is 0 Å². The molecule has 0 radical (unpaired) electrons. The maximum Gasteiger partial charge on any atom is 0.0869 e. The van der Waals surface area contributed by atoms with Gasteiger partial charge in [-0.2, -0.15) is 5.10 Å². The molecular formula is C12H24N4O. The molecule has 2 atom stereocenters. The van der Waals surface area contributed by atoms with Gasteiger partial charge < -0.3 is 15.3 Å². The average Bonchev–Trinajstić information content (AvgIpc) is 2.59. The zero-order valence-corrected chi connectivity index (χ0v) is 11.4. The van der Waals surface area contributed by atoms with E-state index >= 15 is 0 Å². The fourth-order valence-corrected chi connectivity index (χ4v) is 1.89. The maximum atomic E-state index is 10.2. The predicted molar refractivity (Wildman–Crippen MR) is 68.8 cm³/mol. The molecule has 0 bridgehead atoms. The number of nitrogens with zero attached hydrogens (tertiary/aromatic N) is 3.